The lowest BCUT2D eigenvalue weighted by molar-refractivity contribution is 0.968. The molecule has 88 valence electrons. The normalized spacial score (nSPS) is 10.3. The summed E-state index contributed by atoms with van der Waals surface area (Å²) in [7, 11) is 0. The van der Waals surface area contributed by atoms with E-state index >= 15 is 0 Å². The van der Waals surface area contributed by atoms with E-state index in [0.717, 1.165) is 11.4 Å². The Hall–Kier alpha value is -1.94. The van der Waals surface area contributed by atoms with Gasteiger partial charge in [-0.05, 0) is 31.0 Å². The lowest BCUT2D eigenvalue weighted by Crippen LogP contribution is -2.05. The van der Waals surface area contributed by atoms with Gasteiger partial charge in [0.05, 0.1) is 5.69 Å². The number of aryl methyl sites for hydroxylation is 2. The molecular formula is C13H16N4. The molecule has 0 spiro atoms. The monoisotopic (exact) mass is 228 g/mol. The van der Waals surface area contributed by atoms with E-state index in [-0.39, 0.29) is 0 Å². The van der Waals surface area contributed by atoms with Gasteiger partial charge in [-0.2, -0.15) is 0 Å². The van der Waals surface area contributed by atoms with Crippen LogP contribution >= 0.6 is 0 Å². The van der Waals surface area contributed by atoms with Gasteiger partial charge in [-0.25, -0.2) is 9.97 Å². The molecule has 1 aromatic carbocycles. The molecule has 1 heterocycles. The highest BCUT2D eigenvalue weighted by molar-refractivity contribution is 5.62. The van der Waals surface area contributed by atoms with Crippen molar-refractivity contribution in [3.05, 3.63) is 47.3 Å². The fraction of sp³-hybridized carbons (Fsp3) is 0.231. The molecule has 1 aromatic heterocycles. The molecule has 4 heteroatoms. The molecule has 0 aliphatic carbocycles. The number of rotatable bonds is 3. The van der Waals surface area contributed by atoms with Gasteiger partial charge in [0.2, 0.25) is 5.95 Å². The topological polar surface area (TPSA) is 63.8 Å². The summed E-state index contributed by atoms with van der Waals surface area (Å²) < 4.78 is 0. The number of nitrogens with two attached hydrogens (primary N) is 1. The second kappa shape index (κ2) is 4.93. The highest BCUT2D eigenvalue weighted by Gasteiger charge is 2.04. The van der Waals surface area contributed by atoms with Crippen LogP contribution in [0, 0.1) is 13.8 Å². The summed E-state index contributed by atoms with van der Waals surface area (Å²) in [5.74, 6) is 0.588. The maximum Gasteiger partial charge on any atom is 0.227 e. The first-order valence-corrected chi connectivity index (χ1v) is 5.56. The average Bonchev–Trinajstić information content (AvgIpc) is 2.34. The van der Waals surface area contributed by atoms with Gasteiger partial charge in [-0.3, -0.25) is 0 Å². The molecule has 0 amide bonds. The van der Waals surface area contributed by atoms with E-state index in [1.165, 1.54) is 11.1 Å². The Morgan fingerprint density at radius 1 is 1.18 bits per heavy atom. The predicted octanol–water partition coefficient (Wildman–Crippen LogP) is 2.30. The summed E-state index contributed by atoms with van der Waals surface area (Å²) in [6.45, 7) is 4.54. The number of anilines is 2. The quantitative estimate of drug-likeness (QED) is 0.846. The third-order valence-corrected chi connectivity index (χ3v) is 2.64. The van der Waals surface area contributed by atoms with Crippen LogP contribution in [0.5, 0.6) is 0 Å². The Labute approximate surface area is 101 Å². The standard InChI is InChI=1S/C13H16N4/c1-9-4-3-5-10(2)12(9)17-13-15-7-6-11(8-14)16-13/h3-7H,8,14H2,1-2H3,(H,15,16,17). The Balaban J connectivity index is 2.31. The van der Waals surface area contributed by atoms with Crippen LogP contribution < -0.4 is 11.1 Å². The summed E-state index contributed by atoms with van der Waals surface area (Å²) in [5.41, 5.74) is 9.78. The molecular weight excluding hydrogens is 212 g/mol. The van der Waals surface area contributed by atoms with Crippen molar-refractivity contribution in [2.45, 2.75) is 20.4 Å². The number of nitrogens with zero attached hydrogens (tertiary/aromatic N) is 2. The van der Waals surface area contributed by atoms with Crippen molar-refractivity contribution < 1.29 is 0 Å². The van der Waals surface area contributed by atoms with Crippen molar-refractivity contribution in [2.75, 3.05) is 5.32 Å². The maximum absolute atomic E-state index is 5.55. The lowest BCUT2D eigenvalue weighted by Gasteiger charge is -2.11. The fourth-order valence-corrected chi connectivity index (χ4v) is 1.69. The molecule has 3 N–H and O–H groups in total. The molecule has 0 unspecified atom stereocenters. The predicted molar refractivity (Wildman–Crippen MR) is 69.1 cm³/mol. The van der Waals surface area contributed by atoms with Gasteiger partial charge in [0.15, 0.2) is 0 Å². The summed E-state index contributed by atoms with van der Waals surface area (Å²) in [6.07, 6.45) is 1.71. The zero-order valence-corrected chi connectivity index (χ0v) is 10.1. The van der Waals surface area contributed by atoms with Gasteiger partial charge < -0.3 is 11.1 Å². The Bertz CT molecular complexity index is 502. The van der Waals surface area contributed by atoms with Crippen LogP contribution in [0.4, 0.5) is 11.6 Å². The number of para-hydroxylation sites is 1. The summed E-state index contributed by atoms with van der Waals surface area (Å²) in [6, 6.07) is 7.97. The van der Waals surface area contributed by atoms with Crippen molar-refractivity contribution in [3.8, 4) is 0 Å². The Morgan fingerprint density at radius 3 is 2.53 bits per heavy atom. The first-order chi connectivity index (χ1) is 8.20. The smallest absolute Gasteiger partial charge is 0.227 e. The number of aromatic nitrogens is 2. The molecule has 4 nitrogen and oxygen atoms in total. The second-order valence-corrected chi connectivity index (χ2v) is 3.97. The molecule has 17 heavy (non-hydrogen) atoms. The van der Waals surface area contributed by atoms with E-state index in [0.29, 0.717) is 12.5 Å². The fourth-order valence-electron chi connectivity index (χ4n) is 1.69. The van der Waals surface area contributed by atoms with Crippen LogP contribution in [0.15, 0.2) is 30.5 Å². The maximum atomic E-state index is 5.55. The van der Waals surface area contributed by atoms with Gasteiger partial charge in [0.1, 0.15) is 0 Å². The second-order valence-electron chi connectivity index (χ2n) is 3.97. The van der Waals surface area contributed by atoms with Gasteiger partial charge in [-0.1, -0.05) is 18.2 Å². The average molecular weight is 228 g/mol. The lowest BCUT2D eigenvalue weighted by atomic mass is 10.1. The third-order valence-electron chi connectivity index (χ3n) is 2.64. The third kappa shape index (κ3) is 2.60. The summed E-state index contributed by atoms with van der Waals surface area (Å²) in [4.78, 5) is 8.51. The van der Waals surface area contributed by atoms with Gasteiger partial charge in [-0.15, -0.1) is 0 Å². The largest absolute Gasteiger partial charge is 0.325 e. The van der Waals surface area contributed by atoms with Crippen LogP contribution in [0.2, 0.25) is 0 Å². The molecule has 0 atom stereocenters. The van der Waals surface area contributed by atoms with Gasteiger partial charge in [0.25, 0.3) is 0 Å². The van der Waals surface area contributed by atoms with E-state index in [1.54, 1.807) is 6.20 Å². The Kier molecular flexibility index (Phi) is 3.35. The molecule has 0 aliphatic rings. The minimum absolute atomic E-state index is 0.421. The van der Waals surface area contributed by atoms with Crippen LogP contribution in [0.25, 0.3) is 0 Å². The van der Waals surface area contributed by atoms with Crippen molar-refractivity contribution in [3.63, 3.8) is 0 Å². The molecule has 0 aliphatic heterocycles. The van der Waals surface area contributed by atoms with Crippen LogP contribution in [0.1, 0.15) is 16.8 Å². The van der Waals surface area contributed by atoms with Crippen molar-refractivity contribution in [2.24, 2.45) is 5.73 Å². The number of nitrogens with one attached hydrogen (secondary N) is 1. The van der Waals surface area contributed by atoms with Crippen molar-refractivity contribution >= 4 is 11.6 Å². The van der Waals surface area contributed by atoms with E-state index < -0.39 is 0 Å². The first-order valence-electron chi connectivity index (χ1n) is 5.56. The van der Waals surface area contributed by atoms with Crippen LogP contribution in [0.3, 0.4) is 0 Å². The SMILES string of the molecule is Cc1cccc(C)c1Nc1nccc(CN)n1. The van der Waals surface area contributed by atoms with Crippen LogP contribution in [-0.4, -0.2) is 9.97 Å². The van der Waals surface area contributed by atoms with E-state index in [9.17, 15) is 0 Å². The number of hydrogen-bond donors (Lipinski definition) is 2. The zero-order valence-electron chi connectivity index (χ0n) is 10.1. The number of hydrogen-bond acceptors (Lipinski definition) is 4. The van der Waals surface area contributed by atoms with Gasteiger partial charge in [0, 0.05) is 18.4 Å². The molecule has 0 saturated carbocycles. The number of benzene rings is 1. The zero-order chi connectivity index (χ0) is 12.3. The van der Waals surface area contributed by atoms with Crippen molar-refractivity contribution in [1.29, 1.82) is 0 Å². The molecule has 0 radical (unpaired) electrons. The van der Waals surface area contributed by atoms with Gasteiger partial charge >= 0.3 is 0 Å². The molecule has 0 saturated heterocycles. The first kappa shape index (κ1) is 11.5. The molecule has 0 fully saturated rings. The van der Waals surface area contributed by atoms with E-state index in [4.69, 9.17) is 5.73 Å². The molecule has 2 aromatic rings. The minimum Gasteiger partial charge on any atom is -0.325 e. The minimum atomic E-state index is 0.421. The van der Waals surface area contributed by atoms with Crippen molar-refractivity contribution in [1.82, 2.24) is 9.97 Å². The summed E-state index contributed by atoms with van der Waals surface area (Å²) >= 11 is 0. The van der Waals surface area contributed by atoms with Crippen LogP contribution in [-0.2, 0) is 6.54 Å². The Morgan fingerprint density at radius 2 is 1.88 bits per heavy atom. The van der Waals surface area contributed by atoms with E-state index in [2.05, 4.69) is 41.3 Å². The highest BCUT2D eigenvalue weighted by atomic mass is 15.1. The van der Waals surface area contributed by atoms with E-state index in [1.807, 2.05) is 12.1 Å². The molecule has 2 rings (SSSR count). The summed E-state index contributed by atoms with van der Waals surface area (Å²) in [5, 5.41) is 3.24. The highest BCUT2D eigenvalue weighted by Crippen LogP contribution is 2.22. The molecule has 0 bridgehead atoms.